The van der Waals surface area contributed by atoms with Crippen LogP contribution in [0.3, 0.4) is 0 Å². The fourth-order valence-corrected chi connectivity index (χ4v) is 3.23. The van der Waals surface area contributed by atoms with Crippen LogP contribution in [0, 0.1) is 0 Å². The fraction of sp³-hybridized carbons (Fsp3) is 0.529. The number of carbonyl (C=O) groups is 2. The van der Waals surface area contributed by atoms with Gasteiger partial charge in [-0.15, -0.1) is 0 Å². The molecule has 0 saturated carbocycles. The molecule has 4 nitrogen and oxygen atoms in total. The van der Waals surface area contributed by atoms with Gasteiger partial charge >= 0.3 is 6.03 Å². The van der Waals surface area contributed by atoms with Gasteiger partial charge in [0.05, 0.1) is 5.69 Å². The van der Waals surface area contributed by atoms with Crippen LogP contribution < -0.4 is 4.90 Å². The van der Waals surface area contributed by atoms with Crippen molar-refractivity contribution in [1.29, 1.82) is 0 Å². The number of fused-ring (bicyclic) bond motifs is 1. The molecule has 1 fully saturated rings. The summed E-state index contributed by atoms with van der Waals surface area (Å²) >= 11 is 0. The minimum Gasteiger partial charge on any atom is -0.324 e. The third-order valence-electron chi connectivity index (χ3n) is 4.39. The van der Waals surface area contributed by atoms with Crippen molar-refractivity contribution >= 4 is 17.5 Å². The summed E-state index contributed by atoms with van der Waals surface area (Å²) < 4.78 is 0. The molecule has 0 N–H and O–H groups in total. The van der Waals surface area contributed by atoms with Crippen molar-refractivity contribution < 1.29 is 9.59 Å². The molecule has 0 aliphatic carbocycles. The molecule has 1 saturated heterocycles. The molecule has 0 unspecified atom stereocenters. The van der Waals surface area contributed by atoms with Crippen LogP contribution in [-0.2, 0) is 0 Å². The van der Waals surface area contributed by atoms with Crippen LogP contribution in [0.5, 0.6) is 0 Å². The van der Waals surface area contributed by atoms with Crippen LogP contribution in [-0.4, -0.2) is 36.3 Å². The minimum absolute atomic E-state index is 0.0686. The maximum absolute atomic E-state index is 12.9. The van der Waals surface area contributed by atoms with Crippen LogP contribution in [0.15, 0.2) is 24.3 Å². The Labute approximate surface area is 125 Å². The van der Waals surface area contributed by atoms with E-state index in [1.807, 2.05) is 34.1 Å². The van der Waals surface area contributed by atoms with Crippen molar-refractivity contribution in [1.82, 2.24) is 4.90 Å². The lowest BCUT2D eigenvalue weighted by atomic mass is 10.1. The number of rotatable bonds is 0. The van der Waals surface area contributed by atoms with Crippen molar-refractivity contribution in [3.8, 4) is 0 Å². The molecule has 4 heteroatoms. The first-order valence-electron chi connectivity index (χ1n) is 7.96. The van der Waals surface area contributed by atoms with Gasteiger partial charge in [0, 0.05) is 31.6 Å². The molecule has 2 aliphatic rings. The zero-order chi connectivity index (χ0) is 14.7. The number of amides is 2. The summed E-state index contributed by atoms with van der Waals surface area (Å²) in [5, 5.41) is 0. The molecule has 1 aromatic rings. The van der Waals surface area contributed by atoms with Gasteiger partial charge in [-0.2, -0.15) is 0 Å². The van der Waals surface area contributed by atoms with E-state index >= 15 is 0 Å². The third-order valence-corrected chi connectivity index (χ3v) is 4.39. The Balaban J connectivity index is 1.88. The number of Topliss-reactive ketones (excluding diaryl/α,β-unsaturated/α-hetero) is 1. The highest BCUT2D eigenvalue weighted by Gasteiger charge is 2.28. The largest absolute Gasteiger partial charge is 0.324 e. The summed E-state index contributed by atoms with van der Waals surface area (Å²) in [7, 11) is 0. The summed E-state index contributed by atoms with van der Waals surface area (Å²) in [5.74, 6) is 0.150. The van der Waals surface area contributed by atoms with E-state index in [4.69, 9.17) is 0 Å². The third kappa shape index (κ3) is 2.94. The van der Waals surface area contributed by atoms with Crippen molar-refractivity contribution in [2.75, 3.05) is 24.5 Å². The Bertz CT molecular complexity index is 533. The lowest BCUT2D eigenvalue weighted by molar-refractivity contribution is 0.0983. The molecule has 0 bridgehead atoms. The molecule has 2 amide bonds. The number of anilines is 1. The van der Waals surface area contributed by atoms with E-state index in [9.17, 15) is 9.59 Å². The number of ketones is 1. The zero-order valence-electron chi connectivity index (χ0n) is 12.4. The first kappa shape index (κ1) is 14.1. The quantitative estimate of drug-likeness (QED) is 0.732. The van der Waals surface area contributed by atoms with E-state index in [1.54, 1.807) is 0 Å². The van der Waals surface area contributed by atoms with E-state index in [-0.39, 0.29) is 11.8 Å². The Hall–Kier alpha value is -1.84. The van der Waals surface area contributed by atoms with Crippen LogP contribution in [0.4, 0.5) is 10.5 Å². The standard InChI is InChI=1S/C17H22N2O2/c20-16-10-7-13-19(15-9-4-3-8-14(15)16)17(21)18-11-5-1-2-6-12-18/h3-4,8-9H,1-2,5-7,10-13H2. The molecular weight excluding hydrogens is 264 g/mol. The molecule has 2 aliphatic heterocycles. The topological polar surface area (TPSA) is 40.6 Å². The van der Waals surface area contributed by atoms with Gasteiger partial charge in [-0.1, -0.05) is 25.0 Å². The molecule has 112 valence electrons. The van der Waals surface area contributed by atoms with Gasteiger partial charge in [0.1, 0.15) is 0 Å². The predicted molar refractivity (Wildman–Crippen MR) is 82.8 cm³/mol. The van der Waals surface area contributed by atoms with Crippen molar-refractivity contribution in [3.63, 3.8) is 0 Å². The van der Waals surface area contributed by atoms with E-state index in [0.29, 0.717) is 18.5 Å². The number of urea groups is 1. The van der Waals surface area contributed by atoms with Crippen LogP contribution in [0.2, 0.25) is 0 Å². The highest BCUT2D eigenvalue weighted by Crippen LogP contribution is 2.27. The smallest absolute Gasteiger partial charge is 0.324 e. The van der Waals surface area contributed by atoms with Crippen molar-refractivity contribution in [2.24, 2.45) is 0 Å². The van der Waals surface area contributed by atoms with E-state index in [2.05, 4.69) is 0 Å². The summed E-state index contributed by atoms with van der Waals surface area (Å²) in [6.07, 6.45) is 5.85. The molecule has 0 spiro atoms. The van der Waals surface area contributed by atoms with Gasteiger partial charge in [-0.05, 0) is 31.4 Å². The van der Waals surface area contributed by atoms with Gasteiger partial charge < -0.3 is 4.90 Å². The molecule has 2 heterocycles. The SMILES string of the molecule is O=C1CCCN(C(=O)N2CCCCCC2)c2ccccc21. The van der Waals surface area contributed by atoms with Gasteiger partial charge in [0.25, 0.3) is 0 Å². The van der Waals surface area contributed by atoms with Gasteiger partial charge in [0.15, 0.2) is 5.78 Å². The fourth-order valence-electron chi connectivity index (χ4n) is 3.23. The van der Waals surface area contributed by atoms with E-state index < -0.39 is 0 Å². The lowest BCUT2D eigenvalue weighted by Gasteiger charge is -2.30. The number of benzene rings is 1. The Kier molecular flexibility index (Phi) is 4.23. The average Bonchev–Trinajstić information content (AvgIpc) is 2.87. The summed E-state index contributed by atoms with van der Waals surface area (Å²) in [6.45, 7) is 2.31. The molecule has 21 heavy (non-hydrogen) atoms. The second-order valence-corrected chi connectivity index (χ2v) is 5.88. The highest BCUT2D eigenvalue weighted by molar-refractivity contribution is 6.06. The Morgan fingerprint density at radius 3 is 2.38 bits per heavy atom. The number of para-hydroxylation sites is 1. The molecule has 0 radical (unpaired) electrons. The highest BCUT2D eigenvalue weighted by atomic mass is 16.2. The average molecular weight is 286 g/mol. The first-order chi connectivity index (χ1) is 10.3. The Morgan fingerprint density at radius 2 is 1.62 bits per heavy atom. The summed E-state index contributed by atoms with van der Waals surface area (Å²) in [6, 6.07) is 7.58. The number of hydrogen-bond donors (Lipinski definition) is 0. The lowest BCUT2D eigenvalue weighted by Crippen LogP contribution is -2.44. The number of carbonyl (C=O) groups excluding carboxylic acids is 2. The monoisotopic (exact) mass is 286 g/mol. The van der Waals surface area contributed by atoms with Crippen molar-refractivity contribution in [3.05, 3.63) is 29.8 Å². The molecular formula is C17H22N2O2. The van der Waals surface area contributed by atoms with Gasteiger partial charge in [-0.25, -0.2) is 4.79 Å². The van der Waals surface area contributed by atoms with Crippen LogP contribution in [0.25, 0.3) is 0 Å². The molecule has 0 aromatic heterocycles. The Morgan fingerprint density at radius 1 is 0.905 bits per heavy atom. The summed E-state index contributed by atoms with van der Waals surface area (Å²) in [5.41, 5.74) is 1.48. The number of likely N-dealkylation sites (tertiary alicyclic amines) is 1. The van der Waals surface area contributed by atoms with Crippen LogP contribution in [0.1, 0.15) is 48.9 Å². The van der Waals surface area contributed by atoms with Gasteiger partial charge in [-0.3, -0.25) is 9.69 Å². The van der Waals surface area contributed by atoms with Crippen LogP contribution >= 0.6 is 0 Å². The second-order valence-electron chi connectivity index (χ2n) is 5.88. The van der Waals surface area contributed by atoms with Crippen molar-refractivity contribution in [2.45, 2.75) is 38.5 Å². The maximum Gasteiger partial charge on any atom is 0.324 e. The van der Waals surface area contributed by atoms with E-state index in [1.165, 1.54) is 12.8 Å². The number of nitrogens with zero attached hydrogens (tertiary/aromatic N) is 2. The predicted octanol–water partition coefficient (Wildman–Crippen LogP) is 3.47. The second kappa shape index (κ2) is 6.29. The number of hydrogen-bond acceptors (Lipinski definition) is 2. The molecule has 1 aromatic carbocycles. The maximum atomic E-state index is 12.9. The first-order valence-corrected chi connectivity index (χ1v) is 7.96. The van der Waals surface area contributed by atoms with E-state index in [0.717, 1.165) is 38.0 Å². The zero-order valence-corrected chi connectivity index (χ0v) is 12.4. The van der Waals surface area contributed by atoms with Gasteiger partial charge in [0.2, 0.25) is 0 Å². The molecule has 3 rings (SSSR count). The molecule has 0 atom stereocenters. The normalized spacial score (nSPS) is 19.7. The summed E-state index contributed by atoms with van der Waals surface area (Å²) in [4.78, 5) is 28.8. The minimum atomic E-state index is 0.0686.